The molecule has 0 bridgehead atoms. The van der Waals surface area contributed by atoms with Gasteiger partial charge in [-0.15, -0.1) is 0 Å². The fourth-order valence-corrected chi connectivity index (χ4v) is 5.08. The normalized spacial score (nSPS) is 17.3. The summed E-state index contributed by atoms with van der Waals surface area (Å²) in [5.41, 5.74) is 2.13. The van der Waals surface area contributed by atoms with Crippen LogP contribution < -0.4 is 5.30 Å². The fraction of sp³-hybridized carbons (Fsp3) is 0.429. The van der Waals surface area contributed by atoms with Crippen LogP contribution in [0.15, 0.2) is 18.7 Å². The molecule has 1 N–H and O–H groups in total. The molecule has 1 aliphatic heterocycles. The molecule has 2 heteroatoms. The highest BCUT2D eigenvalue weighted by atomic mass is 31.1. The highest BCUT2D eigenvalue weighted by molar-refractivity contribution is 7.65. The van der Waals surface area contributed by atoms with E-state index in [2.05, 4.69) is 12.6 Å². The van der Waals surface area contributed by atoms with Crippen LogP contribution in [0.1, 0.15) is 30.4 Å². The number of phenols is 1. The molecule has 0 spiro atoms. The Hall–Kier alpha value is -0.810. The maximum Gasteiger partial charge on any atom is 0.119 e. The Morgan fingerprint density at radius 2 is 1.94 bits per heavy atom. The lowest BCUT2D eigenvalue weighted by molar-refractivity contribution is 0.471. The number of phenolic OH excluding ortho intramolecular Hbond substituents is 1. The number of aromatic hydroxyl groups is 1. The lowest BCUT2D eigenvalue weighted by atomic mass is 10.1. The zero-order valence-corrected chi connectivity index (χ0v) is 10.8. The van der Waals surface area contributed by atoms with Crippen LogP contribution in [0.2, 0.25) is 0 Å². The van der Waals surface area contributed by atoms with Crippen LogP contribution in [0, 0.1) is 6.92 Å². The van der Waals surface area contributed by atoms with Crippen molar-refractivity contribution in [3.05, 3.63) is 29.8 Å². The zero-order chi connectivity index (χ0) is 11.5. The van der Waals surface area contributed by atoms with Crippen LogP contribution in [-0.4, -0.2) is 17.4 Å². The monoisotopic (exact) mass is 234 g/mol. The molecule has 0 unspecified atom stereocenters. The lowest BCUT2D eigenvalue weighted by Crippen LogP contribution is -2.13. The van der Waals surface area contributed by atoms with Crippen LogP contribution in [0.4, 0.5) is 0 Å². The maximum absolute atomic E-state index is 9.71. The van der Waals surface area contributed by atoms with Crippen molar-refractivity contribution in [1.29, 1.82) is 0 Å². The van der Waals surface area contributed by atoms with Crippen LogP contribution in [0.3, 0.4) is 0 Å². The van der Waals surface area contributed by atoms with E-state index in [-0.39, 0.29) is 7.92 Å². The molecular formula is C14H19OP. The van der Waals surface area contributed by atoms with E-state index in [4.69, 9.17) is 0 Å². The van der Waals surface area contributed by atoms with Gasteiger partial charge in [0.2, 0.25) is 0 Å². The Labute approximate surface area is 98.9 Å². The van der Waals surface area contributed by atoms with Crippen molar-refractivity contribution in [3.63, 3.8) is 0 Å². The molecule has 2 rings (SSSR count). The standard InChI is InChI=1S/C14H19OP/c1-3-12-10-13(15)11(2)9-14(12)16-7-5-4-6-8-16/h3,9-10,15H,1,4-8H2,2H3. The van der Waals surface area contributed by atoms with E-state index < -0.39 is 0 Å². The predicted molar refractivity (Wildman–Crippen MR) is 73.1 cm³/mol. The lowest BCUT2D eigenvalue weighted by Gasteiger charge is -2.24. The Kier molecular flexibility index (Phi) is 3.66. The second-order valence-electron chi connectivity index (χ2n) is 4.45. The van der Waals surface area contributed by atoms with Crippen molar-refractivity contribution in [2.75, 3.05) is 12.3 Å². The first-order valence-corrected chi connectivity index (χ1v) is 7.64. The summed E-state index contributed by atoms with van der Waals surface area (Å²) in [7, 11) is -0.00442. The van der Waals surface area contributed by atoms with Crippen LogP contribution >= 0.6 is 7.92 Å². The van der Waals surface area contributed by atoms with Crippen LogP contribution in [-0.2, 0) is 0 Å². The summed E-state index contributed by atoms with van der Waals surface area (Å²) in [6.45, 7) is 5.83. The third kappa shape index (κ3) is 2.30. The third-order valence-electron chi connectivity index (χ3n) is 3.26. The topological polar surface area (TPSA) is 20.2 Å². The molecule has 0 radical (unpaired) electrons. The van der Waals surface area contributed by atoms with Crippen molar-refractivity contribution in [3.8, 4) is 5.75 Å². The van der Waals surface area contributed by atoms with Gasteiger partial charge in [0.25, 0.3) is 0 Å². The van der Waals surface area contributed by atoms with E-state index in [0.717, 1.165) is 11.1 Å². The SMILES string of the molecule is C=Cc1cc(O)c(C)cc1P1CCCCC1. The van der Waals surface area contributed by atoms with Crippen LogP contribution in [0.25, 0.3) is 6.08 Å². The minimum Gasteiger partial charge on any atom is -0.508 e. The number of aryl methyl sites for hydroxylation is 1. The largest absolute Gasteiger partial charge is 0.508 e. The third-order valence-corrected chi connectivity index (χ3v) is 6.04. The summed E-state index contributed by atoms with van der Waals surface area (Å²) in [5, 5.41) is 11.2. The Morgan fingerprint density at radius 3 is 2.56 bits per heavy atom. The first-order valence-electron chi connectivity index (χ1n) is 5.93. The number of hydrogen-bond acceptors (Lipinski definition) is 1. The number of benzene rings is 1. The smallest absolute Gasteiger partial charge is 0.119 e. The average Bonchev–Trinajstić information content (AvgIpc) is 2.33. The first-order chi connectivity index (χ1) is 7.72. The Bertz CT molecular complexity index is 392. The summed E-state index contributed by atoms with van der Waals surface area (Å²) in [4.78, 5) is 0. The second kappa shape index (κ2) is 5.01. The maximum atomic E-state index is 9.71. The van der Waals surface area contributed by atoms with Gasteiger partial charge in [0, 0.05) is 0 Å². The van der Waals surface area contributed by atoms with Crippen molar-refractivity contribution in [1.82, 2.24) is 0 Å². The molecule has 1 fully saturated rings. The van der Waals surface area contributed by atoms with E-state index in [0.29, 0.717) is 5.75 Å². The molecular weight excluding hydrogens is 215 g/mol. The van der Waals surface area contributed by atoms with Crippen LogP contribution in [0.5, 0.6) is 5.75 Å². The summed E-state index contributed by atoms with van der Waals surface area (Å²) < 4.78 is 0. The zero-order valence-electron chi connectivity index (χ0n) is 9.87. The quantitative estimate of drug-likeness (QED) is 0.775. The molecule has 0 atom stereocenters. The Balaban J connectivity index is 2.37. The van der Waals surface area contributed by atoms with Crippen molar-refractivity contribution < 1.29 is 5.11 Å². The molecule has 1 saturated heterocycles. The molecule has 1 nitrogen and oxygen atoms in total. The molecule has 16 heavy (non-hydrogen) atoms. The Morgan fingerprint density at radius 1 is 1.25 bits per heavy atom. The van der Waals surface area contributed by atoms with E-state index in [1.165, 1.54) is 36.9 Å². The average molecular weight is 234 g/mol. The van der Waals surface area contributed by atoms with Gasteiger partial charge in [-0.3, -0.25) is 0 Å². The van der Waals surface area contributed by atoms with Gasteiger partial charge in [0.05, 0.1) is 0 Å². The highest BCUT2D eigenvalue weighted by Crippen LogP contribution is 2.42. The fourth-order valence-electron chi connectivity index (χ4n) is 2.27. The van der Waals surface area contributed by atoms with Gasteiger partial charge in [0.15, 0.2) is 0 Å². The van der Waals surface area contributed by atoms with Crippen molar-refractivity contribution in [2.45, 2.75) is 26.2 Å². The van der Waals surface area contributed by atoms with E-state index >= 15 is 0 Å². The summed E-state index contributed by atoms with van der Waals surface area (Å²) in [6.07, 6.45) is 8.69. The molecule has 86 valence electrons. The van der Waals surface area contributed by atoms with Gasteiger partial charge in [-0.25, -0.2) is 0 Å². The van der Waals surface area contributed by atoms with Gasteiger partial charge >= 0.3 is 0 Å². The van der Waals surface area contributed by atoms with Gasteiger partial charge in [-0.05, 0) is 60.7 Å². The van der Waals surface area contributed by atoms with Gasteiger partial charge in [-0.2, -0.15) is 0 Å². The summed E-state index contributed by atoms with van der Waals surface area (Å²) >= 11 is 0. The molecule has 0 amide bonds. The molecule has 0 saturated carbocycles. The van der Waals surface area contributed by atoms with E-state index in [1.807, 2.05) is 19.1 Å². The molecule has 1 aromatic carbocycles. The van der Waals surface area contributed by atoms with Gasteiger partial charge < -0.3 is 5.11 Å². The van der Waals surface area contributed by atoms with E-state index in [9.17, 15) is 5.11 Å². The minimum absolute atomic E-state index is 0.00442. The number of rotatable bonds is 2. The minimum atomic E-state index is -0.00442. The summed E-state index contributed by atoms with van der Waals surface area (Å²) in [5.74, 6) is 0.394. The molecule has 0 aliphatic carbocycles. The van der Waals surface area contributed by atoms with Gasteiger partial charge in [0.1, 0.15) is 5.75 Å². The molecule has 1 heterocycles. The predicted octanol–water partition coefficient (Wildman–Crippen LogP) is 3.63. The van der Waals surface area contributed by atoms with E-state index in [1.54, 1.807) is 0 Å². The molecule has 0 aromatic heterocycles. The molecule has 1 aromatic rings. The van der Waals surface area contributed by atoms with Crippen molar-refractivity contribution in [2.24, 2.45) is 0 Å². The second-order valence-corrected chi connectivity index (χ2v) is 6.91. The first kappa shape index (κ1) is 11.7. The number of hydrogen-bond donors (Lipinski definition) is 1. The van der Waals surface area contributed by atoms with Gasteiger partial charge in [-0.1, -0.05) is 27.0 Å². The molecule has 1 aliphatic rings. The highest BCUT2D eigenvalue weighted by Gasteiger charge is 2.18. The summed E-state index contributed by atoms with van der Waals surface area (Å²) in [6, 6.07) is 4.04. The van der Waals surface area contributed by atoms with Crippen molar-refractivity contribution >= 4 is 19.3 Å².